The predicted octanol–water partition coefficient (Wildman–Crippen LogP) is 0.161. The van der Waals surface area contributed by atoms with Gasteiger partial charge in [-0.05, 0) is 19.3 Å². The van der Waals surface area contributed by atoms with Crippen molar-refractivity contribution in [2.24, 2.45) is 0 Å². The average Bonchev–Trinajstić information content (AvgIpc) is 2.29. The quantitative estimate of drug-likeness (QED) is 0.696. The van der Waals surface area contributed by atoms with Gasteiger partial charge in [0.2, 0.25) is 5.91 Å². The number of aliphatic carboxylic acids is 1. The summed E-state index contributed by atoms with van der Waals surface area (Å²) in [7, 11) is 1.40. The van der Waals surface area contributed by atoms with E-state index in [1.165, 1.54) is 7.11 Å². The van der Waals surface area contributed by atoms with E-state index in [4.69, 9.17) is 14.6 Å². The first-order chi connectivity index (χ1) is 8.13. The number of methoxy groups -OCH3 is 1. The third-order valence-electron chi connectivity index (χ3n) is 2.65. The molecule has 0 aliphatic carbocycles. The zero-order chi connectivity index (χ0) is 12.7. The van der Waals surface area contributed by atoms with Crippen molar-refractivity contribution < 1.29 is 24.2 Å². The Balaban J connectivity index is 2.33. The van der Waals surface area contributed by atoms with Gasteiger partial charge in [-0.1, -0.05) is 0 Å². The number of carboxylic acids is 1. The van der Waals surface area contributed by atoms with E-state index in [2.05, 4.69) is 5.32 Å². The maximum Gasteiger partial charge on any atom is 0.328 e. The average molecular weight is 245 g/mol. The Labute approximate surface area is 100 Å². The number of ether oxygens (including phenoxy) is 2. The molecule has 0 aromatic carbocycles. The van der Waals surface area contributed by atoms with Crippen LogP contribution >= 0.6 is 0 Å². The van der Waals surface area contributed by atoms with Gasteiger partial charge in [0.05, 0.1) is 19.1 Å². The molecule has 2 N–H and O–H groups in total. The first kappa shape index (κ1) is 13.9. The van der Waals surface area contributed by atoms with Crippen molar-refractivity contribution in [2.75, 3.05) is 20.3 Å². The van der Waals surface area contributed by atoms with Gasteiger partial charge in [0.1, 0.15) is 0 Å². The van der Waals surface area contributed by atoms with Crippen LogP contribution in [-0.2, 0) is 19.1 Å². The second-order valence-electron chi connectivity index (χ2n) is 4.11. The second kappa shape index (κ2) is 7.24. The van der Waals surface area contributed by atoms with Crippen molar-refractivity contribution in [1.29, 1.82) is 0 Å². The molecule has 17 heavy (non-hydrogen) atoms. The molecule has 1 fully saturated rings. The van der Waals surface area contributed by atoms with Crippen LogP contribution in [0.25, 0.3) is 0 Å². The van der Waals surface area contributed by atoms with Crippen LogP contribution in [0.5, 0.6) is 0 Å². The minimum atomic E-state index is -1.09. The lowest BCUT2D eigenvalue weighted by atomic mass is 10.1. The Hall–Kier alpha value is -1.14. The number of hydrogen-bond acceptors (Lipinski definition) is 4. The lowest BCUT2D eigenvalue weighted by molar-refractivity contribution is -0.143. The number of amides is 1. The maximum atomic E-state index is 11.6. The highest BCUT2D eigenvalue weighted by Gasteiger charge is 2.23. The van der Waals surface area contributed by atoms with E-state index in [0.717, 1.165) is 19.3 Å². The van der Waals surface area contributed by atoms with Gasteiger partial charge in [-0.3, -0.25) is 4.79 Å². The summed E-state index contributed by atoms with van der Waals surface area (Å²) in [5.74, 6) is -1.40. The van der Waals surface area contributed by atoms with E-state index >= 15 is 0 Å². The maximum absolute atomic E-state index is 11.6. The Morgan fingerprint density at radius 2 is 2.29 bits per heavy atom. The zero-order valence-corrected chi connectivity index (χ0v) is 9.98. The lowest BCUT2D eigenvalue weighted by Crippen LogP contribution is -2.45. The van der Waals surface area contributed by atoms with E-state index in [0.29, 0.717) is 6.61 Å². The fraction of sp³-hybridized carbons (Fsp3) is 0.818. The van der Waals surface area contributed by atoms with Crippen molar-refractivity contribution >= 4 is 11.9 Å². The summed E-state index contributed by atoms with van der Waals surface area (Å²) in [6.45, 7) is 0.644. The van der Waals surface area contributed by atoms with Crippen molar-refractivity contribution in [3.05, 3.63) is 0 Å². The molecule has 1 rings (SSSR count). The fourth-order valence-corrected chi connectivity index (χ4v) is 1.77. The van der Waals surface area contributed by atoms with Crippen LogP contribution in [0.2, 0.25) is 0 Å². The molecule has 2 unspecified atom stereocenters. The molecule has 0 radical (unpaired) electrons. The van der Waals surface area contributed by atoms with E-state index in [9.17, 15) is 9.59 Å². The van der Waals surface area contributed by atoms with Crippen LogP contribution in [0.15, 0.2) is 0 Å². The number of carbonyl (C=O) groups is 2. The molecule has 0 spiro atoms. The second-order valence-corrected chi connectivity index (χ2v) is 4.11. The predicted molar refractivity (Wildman–Crippen MR) is 59.7 cm³/mol. The largest absolute Gasteiger partial charge is 0.480 e. The van der Waals surface area contributed by atoms with E-state index in [-0.39, 0.29) is 25.0 Å². The van der Waals surface area contributed by atoms with Crippen LogP contribution in [-0.4, -0.2) is 49.5 Å². The monoisotopic (exact) mass is 245 g/mol. The number of rotatable bonds is 6. The molecule has 0 bridgehead atoms. The van der Waals surface area contributed by atoms with Crippen molar-refractivity contribution in [1.82, 2.24) is 5.32 Å². The van der Waals surface area contributed by atoms with Gasteiger partial charge >= 0.3 is 5.97 Å². The first-order valence-electron chi connectivity index (χ1n) is 5.76. The molecule has 2 atom stereocenters. The molecule has 0 aromatic heterocycles. The number of carbonyl (C=O) groups excluding carboxylic acids is 1. The summed E-state index contributed by atoms with van der Waals surface area (Å²) in [4.78, 5) is 22.4. The Bertz CT molecular complexity index is 263. The Morgan fingerprint density at radius 1 is 1.53 bits per heavy atom. The van der Waals surface area contributed by atoms with Crippen LogP contribution in [0, 0.1) is 0 Å². The van der Waals surface area contributed by atoms with Crippen LogP contribution in [0.4, 0.5) is 0 Å². The third kappa shape index (κ3) is 5.14. The molecule has 1 saturated heterocycles. The van der Waals surface area contributed by atoms with Crippen LogP contribution in [0.1, 0.15) is 25.7 Å². The van der Waals surface area contributed by atoms with Gasteiger partial charge < -0.3 is 19.9 Å². The molecule has 1 aliphatic rings. The molecule has 6 heteroatoms. The topological polar surface area (TPSA) is 84.9 Å². The molecule has 6 nitrogen and oxygen atoms in total. The SMILES string of the molecule is COCC(NC(=O)CC1CCCCO1)C(=O)O. The van der Waals surface area contributed by atoms with Crippen molar-refractivity contribution in [3.8, 4) is 0 Å². The van der Waals surface area contributed by atoms with Gasteiger partial charge in [0, 0.05) is 13.7 Å². The van der Waals surface area contributed by atoms with Gasteiger partial charge in [-0.15, -0.1) is 0 Å². The molecule has 1 amide bonds. The van der Waals surface area contributed by atoms with E-state index in [1.807, 2.05) is 0 Å². The summed E-state index contributed by atoms with van der Waals surface area (Å²) in [6.07, 6.45) is 3.07. The number of carboxylic acid groups (broad SMARTS) is 1. The van der Waals surface area contributed by atoms with Crippen LogP contribution < -0.4 is 5.32 Å². The van der Waals surface area contributed by atoms with Crippen molar-refractivity contribution in [2.45, 2.75) is 37.8 Å². The highest BCUT2D eigenvalue weighted by Crippen LogP contribution is 2.15. The summed E-state index contributed by atoms with van der Waals surface area (Å²) >= 11 is 0. The Morgan fingerprint density at radius 3 is 2.82 bits per heavy atom. The lowest BCUT2D eigenvalue weighted by Gasteiger charge is -2.22. The summed E-state index contributed by atoms with van der Waals surface area (Å²) in [6, 6.07) is -0.990. The van der Waals surface area contributed by atoms with Crippen molar-refractivity contribution in [3.63, 3.8) is 0 Å². The van der Waals surface area contributed by atoms with Gasteiger partial charge in [0.15, 0.2) is 6.04 Å². The molecule has 1 aliphatic heterocycles. The smallest absolute Gasteiger partial charge is 0.328 e. The van der Waals surface area contributed by atoms with Gasteiger partial charge in [-0.2, -0.15) is 0 Å². The molecular weight excluding hydrogens is 226 g/mol. The standard InChI is InChI=1S/C11H19NO5/c1-16-7-9(11(14)15)12-10(13)6-8-4-2-3-5-17-8/h8-9H,2-7H2,1H3,(H,12,13)(H,14,15). The first-order valence-corrected chi connectivity index (χ1v) is 5.76. The minimum absolute atomic E-state index is 0.0351. The van der Waals surface area contributed by atoms with Gasteiger partial charge in [0.25, 0.3) is 0 Å². The third-order valence-corrected chi connectivity index (χ3v) is 2.65. The summed E-state index contributed by atoms with van der Waals surface area (Å²) < 4.78 is 10.1. The zero-order valence-electron chi connectivity index (χ0n) is 9.98. The molecule has 1 heterocycles. The molecule has 0 saturated carbocycles. The molecule has 98 valence electrons. The minimum Gasteiger partial charge on any atom is -0.480 e. The number of nitrogens with one attached hydrogen (secondary N) is 1. The van der Waals surface area contributed by atoms with Crippen LogP contribution in [0.3, 0.4) is 0 Å². The highest BCUT2D eigenvalue weighted by atomic mass is 16.5. The fourth-order valence-electron chi connectivity index (χ4n) is 1.77. The summed E-state index contributed by atoms with van der Waals surface area (Å²) in [5, 5.41) is 11.3. The van der Waals surface area contributed by atoms with E-state index < -0.39 is 12.0 Å². The van der Waals surface area contributed by atoms with E-state index in [1.54, 1.807) is 0 Å². The molecular formula is C11H19NO5. The molecule has 0 aromatic rings. The highest BCUT2D eigenvalue weighted by molar-refractivity contribution is 5.83. The number of hydrogen-bond donors (Lipinski definition) is 2. The Kier molecular flexibility index (Phi) is 5.93. The van der Waals surface area contributed by atoms with Gasteiger partial charge in [-0.25, -0.2) is 4.79 Å². The normalized spacial score (nSPS) is 21.8. The summed E-state index contributed by atoms with van der Waals surface area (Å²) in [5.41, 5.74) is 0.